The molecule has 0 N–H and O–H groups in total. The zero-order chi connectivity index (χ0) is 14.2. The van der Waals surface area contributed by atoms with Crippen molar-refractivity contribution >= 4 is 34.0 Å². The minimum absolute atomic E-state index is 0.829. The summed E-state index contributed by atoms with van der Waals surface area (Å²) in [6, 6.07) is 10.3. The van der Waals surface area contributed by atoms with Gasteiger partial charge in [-0.15, -0.1) is 11.3 Å². The molecular weight excluding hydrogens is 300 g/mol. The highest BCUT2D eigenvalue weighted by molar-refractivity contribution is 7.16. The van der Waals surface area contributed by atoms with Gasteiger partial charge in [-0.3, -0.25) is 0 Å². The van der Waals surface area contributed by atoms with Crippen LogP contribution in [-0.2, 0) is 6.42 Å². The van der Waals surface area contributed by atoms with Crippen LogP contribution in [0.3, 0.4) is 0 Å². The number of ether oxygens (including phenoxy) is 1. The van der Waals surface area contributed by atoms with Gasteiger partial charge < -0.3 is 4.74 Å². The quantitative estimate of drug-likeness (QED) is 0.521. The molecule has 0 bridgehead atoms. The maximum absolute atomic E-state index is 5.28. The minimum atomic E-state index is 0.829. The lowest BCUT2D eigenvalue weighted by Gasteiger charge is -2.03. The number of nitrogens with zero attached hydrogens (tertiary/aromatic N) is 2. The molecule has 0 spiro atoms. The fraction of sp³-hybridized carbons (Fsp3) is 0.125. The number of benzene rings is 1. The number of thiazole rings is 1. The highest BCUT2D eigenvalue weighted by Crippen LogP contribution is 2.42. The number of hydrogen-bond acceptors (Lipinski definition) is 5. The first-order valence-corrected chi connectivity index (χ1v) is 8.27. The van der Waals surface area contributed by atoms with E-state index in [0.29, 0.717) is 0 Å². The monoisotopic (exact) mass is 312 g/mol. The van der Waals surface area contributed by atoms with Crippen molar-refractivity contribution < 1.29 is 4.74 Å². The number of hydrogen-bond donors (Lipinski definition) is 0. The molecule has 1 aromatic carbocycles. The van der Waals surface area contributed by atoms with Crippen LogP contribution in [0.1, 0.15) is 15.3 Å². The average molecular weight is 312 g/mol. The molecule has 0 radical (unpaired) electrons. The number of methoxy groups -OCH3 is 1. The second-order valence-electron chi connectivity index (χ2n) is 4.74. The molecule has 4 rings (SSSR count). The van der Waals surface area contributed by atoms with Crippen LogP contribution in [0.4, 0.5) is 5.13 Å². The van der Waals surface area contributed by atoms with Crippen LogP contribution in [0.15, 0.2) is 40.7 Å². The smallest absolute Gasteiger partial charge is 0.209 e. The Hall–Kier alpha value is -1.98. The Morgan fingerprint density at radius 3 is 3.10 bits per heavy atom. The maximum Gasteiger partial charge on any atom is 0.209 e. The van der Waals surface area contributed by atoms with E-state index in [9.17, 15) is 0 Å². The molecular formula is C16H12N2OS2. The highest BCUT2D eigenvalue weighted by Gasteiger charge is 2.23. The van der Waals surface area contributed by atoms with Crippen LogP contribution in [0.25, 0.3) is 11.3 Å². The SMILES string of the molecule is COc1ccc2c(c1)Cc1sc(N=Cc3cccs3)nc1-2. The van der Waals surface area contributed by atoms with Crippen molar-refractivity contribution in [2.45, 2.75) is 6.42 Å². The third kappa shape index (κ3) is 2.28. The van der Waals surface area contributed by atoms with Crippen molar-refractivity contribution in [3.8, 4) is 17.0 Å². The standard InChI is InChI=1S/C16H12N2OS2/c1-19-11-4-5-13-10(7-11)8-14-15(13)18-16(21-14)17-9-12-3-2-6-20-12/h2-7,9H,8H2,1H3. The molecule has 1 aliphatic rings. The van der Waals surface area contributed by atoms with E-state index in [4.69, 9.17) is 4.74 Å². The first kappa shape index (κ1) is 12.7. The zero-order valence-corrected chi connectivity index (χ0v) is 13.0. The second-order valence-corrected chi connectivity index (χ2v) is 6.78. The predicted molar refractivity (Wildman–Crippen MR) is 88.5 cm³/mol. The number of rotatable bonds is 3. The van der Waals surface area contributed by atoms with Crippen LogP contribution in [0, 0.1) is 0 Å². The van der Waals surface area contributed by atoms with E-state index >= 15 is 0 Å². The first-order valence-electron chi connectivity index (χ1n) is 6.58. The van der Waals surface area contributed by atoms with Crippen molar-refractivity contribution in [2.75, 3.05) is 7.11 Å². The molecule has 104 valence electrons. The molecule has 3 nitrogen and oxygen atoms in total. The lowest BCUT2D eigenvalue weighted by atomic mass is 10.1. The Bertz CT molecular complexity index is 819. The van der Waals surface area contributed by atoms with Crippen molar-refractivity contribution in [1.29, 1.82) is 0 Å². The van der Waals surface area contributed by atoms with Crippen LogP contribution < -0.4 is 4.74 Å². The van der Waals surface area contributed by atoms with Crippen LogP contribution >= 0.6 is 22.7 Å². The number of aromatic nitrogens is 1. The van der Waals surface area contributed by atoms with E-state index in [1.165, 1.54) is 16.0 Å². The number of aliphatic imine (C=N–C) groups is 1. The topological polar surface area (TPSA) is 34.5 Å². The largest absolute Gasteiger partial charge is 0.497 e. The van der Waals surface area contributed by atoms with Gasteiger partial charge in [0.25, 0.3) is 0 Å². The average Bonchev–Trinajstić information content (AvgIpc) is 3.19. The summed E-state index contributed by atoms with van der Waals surface area (Å²) in [5.74, 6) is 0.903. The van der Waals surface area contributed by atoms with Gasteiger partial charge in [0.1, 0.15) is 5.75 Å². The van der Waals surface area contributed by atoms with Gasteiger partial charge >= 0.3 is 0 Å². The van der Waals surface area contributed by atoms with Crippen LogP contribution in [0.2, 0.25) is 0 Å². The van der Waals surface area contributed by atoms with Crippen LogP contribution in [0.5, 0.6) is 5.75 Å². The summed E-state index contributed by atoms with van der Waals surface area (Å²) in [6.07, 6.45) is 2.81. The summed E-state index contributed by atoms with van der Waals surface area (Å²) in [5, 5.41) is 2.88. The third-order valence-electron chi connectivity index (χ3n) is 3.45. The van der Waals surface area contributed by atoms with Gasteiger partial charge in [0.15, 0.2) is 0 Å². The third-order valence-corrected chi connectivity index (χ3v) is 5.22. The van der Waals surface area contributed by atoms with Crippen molar-refractivity contribution in [3.05, 3.63) is 51.0 Å². The predicted octanol–water partition coefficient (Wildman–Crippen LogP) is 4.54. The number of thiophene rings is 1. The molecule has 0 unspecified atom stereocenters. The Kier molecular flexibility index (Phi) is 3.09. The van der Waals surface area contributed by atoms with Gasteiger partial charge in [0.2, 0.25) is 5.13 Å². The van der Waals surface area contributed by atoms with Crippen molar-refractivity contribution in [2.24, 2.45) is 4.99 Å². The lowest BCUT2D eigenvalue weighted by Crippen LogP contribution is -1.86. The zero-order valence-electron chi connectivity index (χ0n) is 11.4. The Labute approximate surface area is 130 Å². The summed E-state index contributed by atoms with van der Waals surface area (Å²) in [5.41, 5.74) is 3.58. The van der Waals surface area contributed by atoms with E-state index in [1.807, 2.05) is 23.7 Å². The van der Waals surface area contributed by atoms with Gasteiger partial charge in [-0.2, -0.15) is 0 Å². The molecule has 5 heteroatoms. The van der Waals surface area contributed by atoms with Crippen LogP contribution in [-0.4, -0.2) is 18.3 Å². The second kappa shape index (κ2) is 5.09. The fourth-order valence-corrected chi connectivity index (χ4v) is 3.98. The van der Waals surface area contributed by atoms with E-state index in [1.54, 1.807) is 29.8 Å². The van der Waals surface area contributed by atoms with E-state index < -0.39 is 0 Å². The van der Waals surface area contributed by atoms with Gasteiger partial charge in [0, 0.05) is 28.0 Å². The molecule has 0 saturated heterocycles. The molecule has 3 aromatic rings. The minimum Gasteiger partial charge on any atom is -0.497 e. The molecule has 0 amide bonds. The summed E-state index contributed by atoms with van der Waals surface area (Å²) in [6.45, 7) is 0. The van der Waals surface area contributed by atoms with E-state index in [2.05, 4.69) is 28.2 Å². The van der Waals surface area contributed by atoms with E-state index in [-0.39, 0.29) is 0 Å². The Morgan fingerprint density at radius 2 is 2.29 bits per heavy atom. The molecule has 2 aromatic heterocycles. The van der Waals surface area contributed by atoms with Crippen molar-refractivity contribution in [1.82, 2.24) is 4.98 Å². The molecule has 2 heterocycles. The molecule has 21 heavy (non-hydrogen) atoms. The summed E-state index contributed by atoms with van der Waals surface area (Å²) < 4.78 is 5.28. The first-order chi connectivity index (χ1) is 10.3. The Balaban J connectivity index is 1.66. The van der Waals surface area contributed by atoms with Gasteiger partial charge in [-0.05, 0) is 35.2 Å². The lowest BCUT2D eigenvalue weighted by molar-refractivity contribution is 0.414. The molecule has 1 aliphatic carbocycles. The molecule has 0 aliphatic heterocycles. The normalized spacial score (nSPS) is 12.6. The van der Waals surface area contributed by atoms with Crippen molar-refractivity contribution in [3.63, 3.8) is 0 Å². The Morgan fingerprint density at radius 1 is 1.33 bits per heavy atom. The summed E-state index contributed by atoms with van der Waals surface area (Å²) in [4.78, 5) is 11.6. The molecule has 0 fully saturated rings. The highest BCUT2D eigenvalue weighted by atomic mass is 32.1. The molecule has 0 atom stereocenters. The fourth-order valence-electron chi connectivity index (χ4n) is 2.46. The number of fused-ring (bicyclic) bond motifs is 3. The van der Waals surface area contributed by atoms with Gasteiger partial charge in [0.05, 0.1) is 12.8 Å². The van der Waals surface area contributed by atoms with Gasteiger partial charge in [-0.25, -0.2) is 9.98 Å². The molecule has 0 saturated carbocycles. The summed E-state index contributed by atoms with van der Waals surface area (Å²) in [7, 11) is 1.70. The summed E-state index contributed by atoms with van der Waals surface area (Å²) >= 11 is 3.35. The van der Waals surface area contributed by atoms with Gasteiger partial charge in [-0.1, -0.05) is 17.4 Å². The van der Waals surface area contributed by atoms with E-state index in [0.717, 1.165) is 27.9 Å². The maximum atomic E-state index is 5.28.